The van der Waals surface area contributed by atoms with Crippen molar-refractivity contribution in [2.24, 2.45) is 4.99 Å². The number of hydrogen-bond acceptors (Lipinski definition) is 5. The molecule has 258 valence electrons. The van der Waals surface area contributed by atoms with Crippen molar-refractivity contribution >= 4 is 61.7 Å². The van der Waals surface area contributed by atoms with Crippen molar-refractivity contribution in [1.29, 1.82) is 10.5 Å². The summed E-state index contributed by atoms with van der Waals surface area (Å²) >= 11 is 1.81. The molecule has 11 rings (SSSR count). The third-order valence-corrected chi connectivity index (χ3v) is 12.8. The number of nitriles is 2. The lowest BCUT2D eigenvalue weighted by Gasteiger charge is -2.30. The van der Waals surface area contributed by atoms with Gasteiger partial charge in [-0.2, -0.15) is 10.5 Å². The number of nitrogens with zero attached hydrogens (tertiary/aromatic N) is 4. The number of rotatable bonds is 4. The van der Waals surface area contributed by atoms with Crippen LogP contribution in [0.3, 0.4) is 0 Å². The fourth-order valence-electron chi connectivity index (χ4n) is 9.00. The van der Waals surface area contributed by atoms with Gasteiger partial charge in [-0.3, -0.25) is 4.99 Å². The van der Waals surface area contributed by atoms with Crippen molar-refractivity contribution in [3.8, 4) is 40.1 Å². The van der Waals surface area contributed by atoms with E-state index in [2.05, 4.69) is 132 Å². The molecule has 0 fully saturated rings. The minimum absolute atomic E-state index is 0.112. The first-order chi connectivity index (χ1) is 27.2. The van der Waals surface area contributed by atoms with Crippen LogP contribution in [0.1, 0.15) is 40.5 Å². The van der Waals surface area contributed by atoms with E-state index in [9.17, 15) is 10.5 Å². The first-order valence-electron chi connectivity index (χ1n) is 18.5. The molecule has 2 aliphatic rings. The quantitative estimate of drug-likeness (QED) is 0.181. The topological polar surface area (TPSA) is 78.0 Å². The SMILES string of the molecule is N#Cc1cc(C2CC=NC3Sc4ccccc4C32)cc(C#N)c1-c1ccc(-c2ccc3oc4cc5c(cc4c3c2)c2ccccc2n5-c2ccccc2)cc1. The van der Waals surface area contributed by atoms with Crippen LogP contribution in [0.5, 0.6) is 0 Å². The van der Waals surface area contributed by atoms with Crippen LogP contribution >= 0.6 is 11.8 Å². The van der Waals surface area contributed by atoms with Crippen molar-refractivity contribution in [2.75, 3.05) is 0 Å². The maximum absolute atomic E-state index is 10.5. The first-order valence-corrected chi connectivity index (χ1v) is 19.4. The molecule has 0 aliphatic carbocycles. The van der Waals surface area contributed by atoms with Crippen molar-refractivity contribution in [3.63, 3.8) is 0 Å². The second kappa shape index (κ2) is 12.4. The maximum Gasteiger partial charge on any atom is 0.137 e. The summed E-state index contributed by atoms with van der Waals surface area (Å²) in [5.74, 6) is 0.349. The van der Waals surface area contributed by atoms with Gasteiger partial charge in [0.25, 0.3) is 0 Å². The molecule has 5 nitrogen and oxygen atoms in total. The minimum atomic E-state index is 0.112. The number of benzene rings is 7. The molecule has 0 bridgehead atoms. The molecule has 2 aromatic heterocycles. The van der Waals surface area contributed by atoms with E-state index in [4.69, 9.17) is 9.41 Å². The monoisotopic (exact) mass is 722 g/mol. The predicted molar refractivity (Wildman–Crippen MR) is 223 cm³/mol. The Bertz CT molecular complexity index is 3110. The summed E-state index contributed by atoms with van der Waals surface area (Å²) in [5.41, 5.74) is 12.1. The minimum Gasteiger partial charge on any atom is -0.456 e. The van der Waals surface area contributed by atoms with Gasteiger partial charge in [0.15, 0.2) is 0 Å². The zero-order chi connectivity index (χ0) is 36.6. The molecule has 0 saturated heterocycles. The lowest BCUT2D eigenvalue weighted by atomic mass is 9.76. The molecule has 3 unspecified atom stereocenters. The normalized spacial score (nSPS) is 17.4. The molecular weight excluding hydrogens is 693 g/mol. The van der Waals surface area contributed by atoms with Gasteiger partial charge in [0.05, 0.1) is 34.3 Å². The van der Waals surface area contributed by atoms with Crippen LogP contribution < -0.4 is 0 Å². The van der Waals surface area contributed by atoms with Crippen molar-refractivity contribution in [3.05, 3.63) is 168 Å². The molecule has 2 aliphatic heterocycles. The second-order valence-electron chi connectivity index (χ2n) is 14.4. The highest BCUT2D eigenvalue weighted by atomic mass is 32.2. The van der Waals surface area contributed by atoms with Gasteiger partial charge in [-0.15, -0.1) is 0 Å². The summed E-state index contributed by atoms with van der Waals surface area (Å²) in [6.07, 6.45) is 2.79. The molecule has 6 heteroatoms. The van der Waals surface area contributed by atoms with Crippen molar-refractivity contribution in [1.82, 2.24) is 4.57 Å². The van der Waals surface area contributed by atoms with Gasteiger partial charge in [-0.1, -0.05) is 96.7 Å². The summed E-state index contributed by atoms with van der Waals surface area (Å²) in [6, 6.07) is 55.4. The molecule has 9 aromatic rings. The summed E-state index contributed by atoms with van der Waals surface area (Å²) in [6.45, 7) is 0. The Morgan fingerprint density at radius 3 is 2.15 bits per heavy atom. The van der Waals surface area contributed by atoms with E-state index >= 15 is 0 Å². The van der Waals surface area contributed by atoms with E-state index in [1.165, 1.54) is 21.2 Å². The van der Waals surface area contributed by atoms with Crippen LogP contribution in [0.2, 0.25) is 0 Å². The molecule has 55 heavy (non-hydrogen) atoms. The Morgan fingerprint density at radius 2 is 1.33 bits per heavy atom. The number of fused-ring (bicyclic) bond motifs is 9. The Labute approximate surface area is 321 Å². The van der Waals surface area contributed by atoms with Gasteiger partial charge in [-0.25, -0.2) is 0 Å². The smallest absolute Gasteiger partial charge is 0.137 e. The molecule has 0 spiro atoms. The van der Waals surface area contributed by atoms with Crippen LogP contribution in [0.4, 0.5) is 0 Å². The summed E-state index contributed by atoms with van der Waals surface area (Å²) < 4.78 is 8.78. The molecular formula is C49H30N4OS. The Hall–Kier alpha value is -6.86. The lowest BCUT2D eigenvalue weighted by molar-refractivity contribution is 0.527. The van der Waals surface area contributed by atoms with E-state index in [0.717, 1.165) is 67.3 Å². The van der Waals surface area contributed by atoms with Crippen LogP contribution in [0, 0.1) is 22.7 Å². The van der Waals surface area contributed by atoms with Crippen molar-refractivity contribution in [2.45, 2.75) is 28.5 Å². The molecule has 4 heterocycles. The zero-order valence-corrected chi connectivity index (χ0v) is 30.3. The highest BCUT2D eigenvalue weighted by Crippen LogP contribution is 2.54. The van der Waals surface area contributed by atoms with Gasteiger partial charge in [0.2, 0.25) is 0 Å². The number of furan rings is 1. The van der Waals surface area contributed by atoms with Crippen LogP contribution in [-0.2, 0) is 0 Å². The fourth-order valence-corrected chi connectivity index (χ4v) is 10.4. The average molecular weight is 723 g/mol. The first kappa shape index (κ1) is 31.6. The lowest BCUT2D eigenvalue weighted by Crippen LogP contribution is -2.22. The van der Waals surface area contributed by atoms with Crippen LogP contribution in [0.25, 0.3) is 71.7 Å². The second-order valence-corrected chi connectivity index (χ2v) is 15.6. The van der Waals surface area contributed by atoms with Gasteiger partial charge >= 0.3 is 0 Å². The largest absolute Gasteiger partial charge is 0.456 e. The third-order valence-electron chi connectivity index (χ3n) is 11.5. The van der Waals surface area contributed by atoms with Crippen LogP contribution in [0.15, 0.2) is 160 Å². The number of aliphatic imine (C=N–C) groups is 1. The maximum atomic E-state index is 10.5. The predicted octanol–water partition coefficient (Wildman–Crippen LogP) is 12.5. The van der Waals surface area contributed by atoms with E-state index in [1.807, 2.05) is 36.5 Å². The highest BCUT2D eigenvalue weighted by molar-refractivity contribution is 8.00. The summed E-state index contributed by atoms with van der Waals surface area (Å²) in [4.78, 5) is 6.10. The van der Waals surface area contributed by atoms with Gasteiger partial charge < -0.3 is 8.98 Å². The molecule has 0 amide bonds. The van der Waals surface area contributed by atoms with Crippen molar-refractivity contribution < 1.29 is 4.42 Å². The number of hydrogen-bond donors (Lipinski definition) is 0. The molecule has 7 aromatic carbocycles. The Morgan fingerprint density at radius 1 is 0.618 bits per heavy atom. The van der Waals surface area contributed by atoms with E-state index < -0.39 is 0 Å². The van der Waals surface area contributed by atoms with Gasteiger partial charge in [0, 0.05) is 55.9 Å². The fraction of sp³-hybridized carbons (Fsp3) is 0.0816. The average Bonchev–Trinajstić information content (AvgIpc) is 3.91. The Balaban J connectivity index is 0.968. The zero-order valence-electron chi connectivity index (χ0n) is 29.5. The molecule has 0 radical (unpaired) electrons. The van der Waals surface area contributed by atoms with Crippen LogP contribution in [-0.4, -0.2) is 16.2 Å². The number of para-hydroxylation sites is 2. The number of aromatic nitrogens is 1. The summed E-state index contributed by atoms with van der Waals surface area (Å²) in [7, 11) is 0. The standard InChI is InChI=1S/C49H30N4OS/c50-27-33-22-32(36-20-21-52-49-48(36)38-11-5-7-13-46(38)55-49)23-34(28-51)47(33)30-16-14-29(15-17-30)31-18-19-44-40(24-31)41-25-39-37-10-4-6-12-42(37)53(35-8-2-1-3-9-35)43(39)26-45(41)54-44/h1-19,21-26,36,48-49H,20H2. The third kappa shape index (κ3) is 4.89. The number of thioether (sulfide) groups is 1. The van der Waals surface area contributed by atoms with Gasteiger partial charge in [-0.05, 0) is 94.8 Å². The van der Waals surface area contributed by atoms with E-state index in [-0.39, 0.29) is 17.2 Å². The molecule has 3 atom stereocenters. The molecule has 0 N–H and O–H groups in total. The highest BCUT2D eigenvalue weighted by Gasteiger charge is 2.41. The summed E-state index contributed by atoms with van der Waals surface area (Å²) in [5, 5.41) is 25.5. The van der Waals surface area contributed by atoms with E-state index in [1.54, 1.807) is 11.8 Å². The molecule has 0 saturated carbocycles. The van der Waals surface area contributed by atoms with Gasteiger partial charge in [0.1, 0.15) is 16.5 Å². The Kier molecular flexibility index (Phi) is 7.11. The van der Waals surface area contributed by atoms with E-state index in [0.29, 0.717) is 16.7 Å².